The van der Waals surface area contributed by atoms with Gasteiger partial charge in [-0.25, -0.2) is 9.78 Å². The van der Waals surface area contributed by atoms with E-state index in [0.717, 1.165) is 11.1 Å². The van der Waals surface area contributed by atoms with Crippen molar-refractivity contribution < 1.29 is 19.0 Å². The number of aromatic nitrogens is 1. The lowest BCUT2D eigenvalue weighted by molar-refractivity contribution is -0.133. The predicted octanol–water partition coefficient (Wildman–Crippen LogP) is 4.12. The standard InChI is InChI=1S/C21H25NO4/c1-21(2,3)16-10-11-19(22-12-16)26-13-15-8-6-7-9-17(15)18(14-24-4)20(23)25-5/h6-12,14H,13H2,1-5H3/b18-14+. The van der Waals surface area contributed by atoms with Crippen LogP contribution in [0.25, 0.3) is 5.57 Å². The summed E-state index contributed by atoms with van der Waals surface area (Å²) in [7, 11) is 2.83. The minimum Gasteiger partial charge on any atom is -0.503 e. The number of carbonyl (C=O) groups is 1. The Morgan fingerprint density at radius 3 is 2.42 bits per heavy atom. The molecule has 0 atom stereocenters. The SMILES string of the molecule is CO/C=C(/C(=O)OC)c1ccccc1COc1ccc(C(C)(C)C)cn1. The summed E-state index contributed by atoms with van der Waals surface area (Å²) in [5.74, 6) is 0.0649. The molecule has 1 aromatic heterocycles. The van der Waals surface area contributed by atoms with Crippen LogP contribution in [0.15, 0.2) is 48.9 Å². The van der Waals surface area contributed by atoms with E-state index in [0.29, 0.717) is 17.0 Å². The zero-order chi connectivity index (χ0) is 19.2. The van der Waals surface area contributed by atoms with Gasteiger partial charge >= 0.3 is 5.97 Å². The Bertz CT molecular complexity index is 773. The van der Waals surface area contributed by atoms with Crippen LogP contribution in [-0.2, 0) is 26.3 Å². The van der Waals surface area contributed by atoms with Crippen LogP contribution in [0.1, 0.15) is 37.5 Å². The van der Waals surface area contributed by atoms with Crippen molar-refractivity contribution in [1.82, 2.24) is 4.98 Å². The van der Waals surface area contributed by atoms with Crippen LogP contribution in [0.4, 0.5) is 0 Å². The first-order valence-electron chi connectivity index (χ1n) is 8.35. The minimum atomic E-state index is -0.466. The lowest BCUT2D eigenvalue weighted by Gasteiger charge is -2.18. The summed E-state index contributed by atoms with van der Waals surface area (Å²) in [6.07, 6.45) is 3.20. The fraction of sp³-hybridized carbons (Fsp3) is 0.333. The highest BCUT2D eigenvalue weighted by Crippen LogP contribution is 2.24. The fourth-order valence-electron chi connectivity index (χ4n) is 2.42. The molecule has 0 N–H and O–H groups in total. The van der Waals surface area contributed by atoms with Gasteiger partial charge < -0.3 is 14.2 Å². The van der Waals surface area contributed by atoms with Crippen LogP contribution >= 0.6 is 0 Å². The van der Waals surface area contributed by atoms with Crippen molar-refractivity contribution >= 4 is 11.5 Å². The fourth-order valence-corrected chi connectivity index (χ4v) is 2.42. The highest BCUT2D eigenvalue weighted by Gasteiger charge is 2.17. The molecule has 0 bridgehead atoms. The van der Waals surface area contributed by atoms with E-state index in [1.807, 2.05) is 42.6 Å². The third-order valence-corrected chi connectivity index (χ3v) is 3.93. The van der Waals surface area contributed by atoms with Crippen LogP contribution in [-0.4, -0.2) is 25.2 Å². The van der Waals surface area contributed by atoms with Gasteiger partial charge in [0.25, 0.3) is 0 Å². The maximum atomic E-state index is 12.0. The molecule has 2 rings (SSSR count). The molecule has 5 heteroatoms. The van der Waals surface area contributed by atoms with Gasteiger partial charge in [0, 0.05) is 12.3 Å². The van der Waals surface area contributed by atoms with E-state index in [1.54, 1.807) is 0 Å². The molecular formula is C21H25NO4. The number of methoxy groups -OCH3 is 2. The van der Waals surface area contributed by atoms with Gasteiger partial charge in [0.2, 0.25) is 5.88 Å². The summed E-state index contributed by atoms with van der Waals surface area (Å²) in [6.45, 7) is 6.68. The Morgan fingerprint density at radius 1 is 1.12 bits per heavy atom. The molecule has 1 heterocycles. The number of ether oxygens (including phenoxy) is 3. The number of pyridine rings is 1. The molecule has 26 heavy (non-hydrogen) atoms. The van der Waals surface area contributed by atoms with Gasteiger partial charge in [-0.2, -0.15) is 0 Å². The monoisotopic (exact) mass is 355 g/mol. The third-order valence-electron chi connectivity index (χ3n) is 3.93. The van der Waals surface area contributed by atoms with Crippen molar-refractivity contribution in [2.24, 2.45) is 0 Å². The quantitative estimate of drug-likeness (QED) is 0.443. The number of hydrogen-bond donors (Lipinski definition) is 0. The molecule has 0 saturated carbocycles. The van der Waals surface area contributed by atoms with Crippen molar-refractivity contribution in [1.29, 1.82) is 0 Å². The molecule has 0 unspecified atom stereocenters. The molecule has 0 amide bonds. The molecule has 5 nitrogen and oxygen atoms in total. The first-order valence-corrected chi connectivity index (χ1v) is 8.35. The Morgan fingerprint density at radius 2 is 1.85 bits per heavy atom. The van der Waals surface area contributed by atoms with Crippen LogP contribution in [0, 0.1) is 0 Å². The Balaban J connectivity index is 2.20. The molecule has 0 spiro atoms. The highest BCUT2D eigenvalue weighted by atomic mass is 16.5. The van der Waals surface area contributed by atoms with Gasteiger partial charge in [-0.15, -0.1) is 0 Å². The average Bonchev–Trinajstić information content (AvgIpc) is 2.64. The first-order chi connectivity index (χ1) is 12.4. The number of carbonyl (C=O) groups excluding carboxylic acids is 1. The Labute approximate surface area is 154 Å². The summed E-state index contributed by atoms with van der Waals surface area (Å²) in [5.41, 5.74) is 3.06. The maximum absolute atomic E-state index is 12.0. The van der Waals surface area contributed by atoms with Crippen molar-refractivity contribution in [3.63, 3.8) is 0 Å². The number of esters is 1. The topological polar surface area (TPSA) is 57.7 Å². The molecule has 0 radical (unpaired) electrons. The first kappa shape index (κ1) is 19.5. The summed E-state index contributed by atoms with van der Waals surface area (Å²) >= 11 is 0. The second kappa shape index (κ2) is 8.52. The zero-order valence-corrected chi connectivity index (χ0v) is 15.9. The summed E-state index contributed by atoms with van der Waals surface area (Å²) in [5, 5.41) is 0. The molecule has 0 saturated heterocycles. The summed E-state index contributed by atoms with van der Waals surface area (Å²) in [4.78, 5) is 16.4. The second-order valence-electron chi connectivity index (χ2n) is 6.84. The van der Waals surface area contributed by atoms with Gasteiger partial charge in [-0.1, -0.05) is 51.1 Å². The van der Waals surface area contributed by atoms with Gasteiger partial charge in [-0.05, 0) is 22.1 Å². The highest BCUT2D eigenvalue weighted by molar-refractivity contribution is 6.16. The Kier molecular flexibility index (Phi) is 6.39. The summed E-state index contributed by atoms with van der Waals surface area (Å²) < 4.78 is 15.7. The normalized spacial score (nSPS) is 11.8. The van der Waals surface area contributed by atoms with Gasteiger partial charge in [0.05, 0.1) is 20.5 Å². The van der Waals surface area contributed by atoms with E-state index in [2.05, 4.69) is 25.8 Å². The van der Waals surface area contributed by atoms with E-state index in [-0.39, 0.29) is 12.0 Å². The average molecular weight is 355 g/mol. The van der Waals surface area contributed by atoms with Crippen LogP contribution in [0.3, 0.4) is 0 Å². The molecule has 138 valence electrons. The molecule has 1 aromatic carbocycles. The third kappa shape index (κ3) is 4.85. The van der Waals surface area contributed by atoms with E-state index >= 15 is 0 Å². The van der Waals surface area contributed by atoms with Crippen molar-refractivity contribution in [2.75, 3.05) is 14.2 Å². The van der Waals surface area contributed by atoms with Crippen LogP contribution in [0.2, 0.25) is 0 Å². The second-order valence-corrected chi connectivity index (χ2v) is 6.84. The number of hydrogen-bond acceptors (Lipinski definition) is 5. The summed E-state index contributed by atoms with van der Waals surface area (Å²) in [6, 6.07) is 11.3. The molecule has 0 aliphatic carbocycles. The zero-order valence-electron chi connectivity index (χ0n) is 15.9. The number of nitrogens with zero attached hydrogens (tertiary/aromatic N) is 1. The molecular weight excluding hydrogens is 330 g/mol. The molecule has 0 fully saturated rings. The minimum absolute atomic E-state index is 0.0402. The molecule has 0 aliphatic heterocycles. The number of rotatable bonds is 6. The number of benzene rings is 1. The van der Waals surface area contributed by atoms with Crippen molar-refractivity contribution in [3.05, 3.63) is 65.5 Å². The van der Waals surface area contributed by atoms with Gasteiger partial charge in [0.1, 0.15) is 12.2 Å². The lowest BCUT2D eigenvalue weighted by atomic mass is 9.88. The molecule has 0 aliphatic rings. The van der Waals surface area contributed by atoms with E-state index in [1.165, 1.54) is 20.5 Å². The van der Waals surface area contributed by atoms with Gasteiger partial charge in [0.15, 0.2) is 0 Å². The van der Waals surface area contributed by atoms with E-state index in [9.17, 15) is 4.79 Å². The van der Waals surface area contributed by atoms with Crippen molar-refractivity contribution in [3.8, 4) is 5.88 Å². The largest absolute Gasteiger partial charge is 0.503 e. The predicted molar refractivity (Wildman–Crippen MR) is 101 cm³/mol. The van der Waals surface area contributed by atoms with Crippen LogP contribution in [0.5, 0.6) is 5.88 Å². The smallest absolute Gasteiger partial charge is 0.341 e. The lowest BCUT2D eigenvalue weighted by Crippen LogP contribution is -2.11. The maximum Gasteiger partial charge on any atom is 0.341 e. The van der Waals surface area contributed by atoms with Crippen LogP contribution < -0.4 is 4.74 Å². The Hall–Kier alpha value is -2.82. The van der Waals surface area contributed by atoms with Crippen molar-refractivity contribution in [2.45, 2.75) is 32.8 Å². The van der Waals surface area contributed by atoms with E-state index in [4.69, 9.17) is 14.2 Å². The van der Waals surface area contributed by atoms with E-state index < -0.39 is 5.97 Å². The molecule has 2 aromatic rings. The van der Waals surface area contributed by atoms with Gasteiger partial charge in [-0.3, -0.25) is 0 Å².